The van der Waals surface area contributed by atoms with Gasteiger partial charge in [0, 0.05) is 28.2 Å². The van der Waals surface area contributed by atoms with Gasteiger partial charge in [0.2, 0.25) is 0 Å². The number of fused-ring (bicyclic) bond motifs is 2. The monoisotopic (exact) mass is 362 g/mol. The van der Waals surface area contributed by atoms with Gasteiger partial charge in [-0.05, 0) is 60.7 Å². The molecule has 4 rings (SSSR count). The molecule has 0 aliphatic carbocycles. The minimum absolute atomic E-state index is 0.0395. The number of urea groups is 1. The first-order valence-corrected chi connectivity index (χ1v) is 8.52. The van der Waals surface area contributed by atoms with Crippen LogP contribution in [0.25, 0.3) is 17.0 Å². The van der Waals surface area contributed by atoms with E-state index in [4.69, 9.17) is 0 Å². The molecular formula is C19H18N6O2. The summed E-state index contributed by atoms with van der Waals surface area (Å²) in [6, 6.07) is 10.7. The summed E-state index contributed by atoms with van der Waals surface area (Å²) in [6.45, 7) is 3.78. The molecule has 136 valence electrons. The Morgan fingerprint density at radius 2 is 2.07 bits per heavy atom. The van der Waals surface area contributed by atoms with Crippen molar-refractivity contribution in [3.63, 3.8) is 0 Å². The van der Waals surface area contributed by atoms with E-state index in [2.05, 4.69) is 31.1 Å². The van der Waals surface area contributed by atoms with Crippen LogP contribution in [0.4, 0.5) is 16.2 Å². The SMILES string of the molecule is CC(C)NC(=O)Nc1ccc2[nH]c(O)c(C=c3ccc4c(c3)N=NN=4)c2c1. The molecule has 0 bridgehead atoms. The highest BCUT2D eigenvalue weighted by Gasteiger charge is 2.11. The molecular weight excluding hydrogens is 344 g/mol. The number of amides is 2. The topological polar surface area (TPSA) is 114 Å². The Labute approximate surface area is 154 Å². The molecule has 0 spiro atoms. The fourth-order valence-electron chi connectivity index (χ4n) is 2.93. The molecule has 0 unspecified atom stereocenters. The van der Waals surface area contributed by atoms with E-state index in [0.29, 0.717) is 16.9 Å². The van der Waals surface area contributed by atoms with Crippen molar-refractivity contribution in [1.29, 1.82) is 0 Å². The van der Waals surface area contributed by atoms with Crippen LogP contribution in [0, 0.1) is 0 Å². The second kappa shape index (κ2) is 6.56. The van der Waals surface area contributed by atoms with Gasteiger partial charge in [-0.15, -0.1) is 10.2 Å². The van der Waals surface area contributed by atoms with Crippen molar-refractivity contribution in [3.05, 3.63) is 52.5 Å². The average Bonchev–Trinajstić information content (AvgIpc) is 3.19. The quantitative estimate of drug-likeness (QED) is 0.574. The second-order valence-corrected chi connectivity index (χ2v) is 6.58. The molecule has 8 nitrogen and oxygen atoms in total. The first-order valence-electron chi connectivity index (χ1n) is 8.52. The van der Waals surface area contributed by atoms with Crippen LogP contribution in [0.3, 0.4) is 0 Å². The van der Waals surface area contributed by atoms with E-state index in [0.717, 1.165) is 21.5 Å². The van der Waals surface area contributed by atoms with E-state index in [-0.39, 0.29) is 18.0 Å². The van der Waals surface area contributed by atoms with Crippen molar-refractivity contribution >= 4 is 34.4 Å². The molecule has 0 saturated heterocycles. The average molecular weight is 362 g/mol. The maximum Gasteiger partial charge on any atom is 0.319 e. The third-order valence-electron chi connectivity index (χ3n) is 4.11. The number of nitrogens with zero attached hydrogens (tertiary/aromatic N) is 3. The van der Waals surface area contributed by atoms with E-state index in [1.54, 1.807) is 6.07 Å². The van der Waals surface area contributed by atoms with Crippen molar-refractivity contribution in [1.82, 2.24) is 10.3 Å². The third-order valence-corrected chi connectivity index (χ3v) is 4.11. The zero-order valence-electron chi connectivity index (χ0n) is 14.8. The van der Waals surface area contributed by atoms with Crippen molar-refractivity contribution in [2.45, 2.75) is 19.9 Å². The lowest BCUT2D eigenvalue weighted by molar-refractivity contribution is 0.250. The summed E-state index contributed by atoms with van der Waals surface area (Å²) in [5.41, 5.74) is 2.72. The number of hydrogen-bond acceptors (Lipinski definition) is 5. The lowest BCUT2D eigenvalue weighted by atomic mass is 10.1. The summed E-state index contributed by atoms with van der Waals surface area (Å²) in [5, 5.41) is 29.8. The van der Waals surface area contributed by atoms with Crippen molar-refractivity contribution in [3.8, 4) is 5.88 Å². The van der Waals surface area contributed by atoms with Crippen LogP contribution >= 0.6 is 0 Å². The summed E-state index contributed by atoms with van der Waals surface area (Å²) in [7, 11) is 0. The van der Waals surface area contributed by atoms with Gasteiger partial charge in [-0.2, -0.15) is 0 Å². The summed E-state index contributed by atoms with van der Waals surface area (Å²) < 4.78 is 0. The standard InChI is InChI=1S/C19H18N6O2/c1-10(2)20-19(27)21-12-4-6-15-13(9-12)14(18(26)22-15)7-11-3-5-16-17(8-11)24-25-23-16/h3-10,22,26H,1-2H3,(H2,20,21,27). The third kappa shape index (κ3) is 3.37. The molecule has 2 amide bonds. The fraction of sp³-hybridized carbons (Fsp3) is 0.158. The Morgan fingerprint density at radius 1 is 1.22 bits per heavy atom. The molecule has 2 heterocycles. The number of benzene rings is 2. The Hall–Kier alpha value is -3.68. The zero-order chi connectivity index (χ0) is 19.0. The van der Waals surface area contributed by atoms with E-state index in [1.807, 2.05) is 50.3 Å². The highest BCUT2D eigenvalue weighted by atomic mass is 16.3. The van der Waals surface area contributed by atoms with Gasteiger partial charge in [0.05, 0.1) is 0 Å². The van der Waals surface area contributed by atoms with Crippen LogP contribution in [-0.4, -0.2) is 22.2 Å². The van der Waals surface area contributed by atoms with Gasteiger partial charge < -0.3 is 20.7 Å². The molecule has 2 aromatic carbocycles. The van der Waals surface area contributed by atoms with Gasteiger partial charge in [-0.1, -0.05) is 6.07 Å². The minimum atomic E-state index is -0.276. The van der Waals surface area contributed by atoms with E-state index < -0.39 is 0 Å². The Bertz CT molecular complexity index is 1190. The Morgan fingerprint density at radius 3 is 2.89 bits per heavy atom. The molecule has 3 aromatic rings. The lowest BCUT2D eigenvalue weighted by Crippen LogP contribution is -2.34. The molecule has 0 saturated carbocycles. The van der Waals surface area contributed by atoms with Gasteiger partial charge >= 0.3 is 6.03 Å². The number of carbonyl (C=O) groups is 1. The van der Waals surface area contributed by atoms with Crippen LogP contribution in [0.2, 0.25) is 0 Å². The van der Waals surface area contributed by atoms with Gasteiger partial charge in [0.25, 0.3) is 0 Å². The van der Waals surface area contributed by atoms with Crippen LogP contribution in [-0.2, 0) is 0 Å². The Kier molecular flexibility index (Phi) is 4.08. The number of hydrogen-bond donors (Lipinski definition) is 4. The number of nitrogens with one attached hydrogen (secondary N) is 3. The fourth-order valence-corrected chi connectivity index (χ4v) is 2.93. The van der Waals surface area contributed by atoms with Gasteiger partial charge in [0.15, 0.2) is 5.88 Å². The molecule has 0 atom stereocenters. The largest absolute Gasteiger partial charge is 0.494 e. The van der Waals surface area contributed by atoms with E-state index in [1.165, 1.54) is 0 Å². The normalized spacial score (nSPS) is 13.1. The maximum absolute atomic E-state index is 11.9. The highest BCUT2D eigenvalue weighted by molar-refractivity contribution is 5.97. The number of H-pyrrole nitrogens is 1. The first kappa shape index (κ1) is 16.8. The summed E-state index contributed by atoms with van der Waals surface area (Å²) >= 11 is 0. The smallest absolute Gasteiger partial charge is 0.319 e. The van der Waals surface area contributed by atoms with Crippen LogP contribution in [0.5, 0.6) is 5.88 Å². The number of anilines is 1. The summed E-state index contributed by atoms with van der Waals surface area (Å²) in [4.78, 5) is 14.9. The Balaban J connectivity index is 1.74. The number of rotatable bonds is 3. The summed E-state index contributed by atoms with van der Waals surface area (Å²) in [6.07, 6.45) is 1.85. The maximum atomic E-state index is 11.9. The summed E-state index contributed by atoms with van der Waals surface area (Å²) in [5.74, 6) is 0.0561. The second-order valence-electron chi connectivity index (χ2n) is 6.58. The van der Waals surface area contributed by atoms with Gasteiger partial charge in [-0.3, -0.25) is 0 Å². The molecule has 4 N–H and O–H groups in total. The highest BCUT2D eigenvalue weighted by Crippen LogP contribution is 2.30. The zero-order valence-corrected chi connectivity index (χ0v) is 14.8. The van der Waals surface area contributed by atoms with Crippen molar-refractivity contribution in [2.75, 3.05) is 5.32 Å². The number of aromatic nitrogens is 1. The molecule has 1 aliphatic heterocycles. The van der Waals surface area contributed by atoms with Crippen molar-refractivity contribution < 1.29 is 9.90 Å². The molecule has 0 radical (unpaired) electrons. The number of carbonyl (C=O) groups excluding carboxylic acids is 1. The van der Waals surface area contributed by atoms with E-state index in [9.17, 15) is 9.90 Å². The molecule has 27 heavy (non-hydrogen) atoms. The predicted octanol–water partition coefficient (Wildman–Crippen LogP) is 2.86. The minimum Gasteiger partial charge on any atom is -0.494 e. The van der Waals surface area contributed by atoms with E-state index >= 15 is 0 Å². The molecule has 1 aromatic heterocycles. The molecule has 0 fully saturated rings. The number of aromatic amines is 1. The first-order chi connectivity index (χ1) is 13.0. The lowest BCUT2D eigenvalue weighted by Gasteiger charge is -2.10. The van der Waals surface area contributed by atoms with Crippen molar-refractivity contribution in [2.24, 2.45) is 15.4 Å². The molecule has 8 heteroatoms. The number of aromatic hydroxyl groups is 1. The van der Waals surface area contributed by atoms with Crippen LogP contribution in [0.15, 0.2) is 51.8 Å². The van der Waals surface area contributed by atoms with Crippen LogP contribution in [0.1, 0.15) is 19.4 Å². The molecule has 1 aliphatic rings. The van der Waals surface area contributed by atoms with Crippen LogP contribution < -0.4 is 21.2 Å². The predicted molar refractivity (Wildman–Crippen MR) is 103 cm³/mol. The van der Waals surface area contributed by atoms with Gasteiger partial charge in [0.1, 0.15) is 11.0 Å². The van der Waals surface area contributed by atoms with Gasteiger partial charge in [-0.25, -0.2) is 4.79 Å².